The van der Waals surface area contributed by atoms with Crippen molar-refractivity contribution in [2.45, 2.75) is 12.3 Å². The van der Waals surface area contributed by atoms with Crippen LogP contribution < -0.4 is 0 Å². The Labute approximate surface area is 102 Å². The van der Waals surface area contributed by atoms with Gasteiger partial charge < -0.3 is 4.74 Å². The van der Waals surface area contributed by atoms with Crippen molar-refractivity contribution in [3.63, 3.8) is 0 Å². The molecular weight excluding hydrogens is 212 g/mol. The highest BCUT2D eigenvalue weighted by molar-refractivity contribution is 5.79. The Balaban J connectivity index is 2.31. The summed E-state index contributed by atoms with van der Waals surface area (Å²) in [5.74, 6) is -0.329. The molecule has 0 saturated carbocycles. The highest BCUT2D eigenvalue weighted by Gasteiger charge is 2.27. The van der Waals surface area contributed by atoms with Gasteiger partial charge in [-0.3, -0.25) is 4.79 Å². The fourth-order valence-corrected chi connectivity index (χ4v) is 2.14. The minimum atomic E-state index is -0.242. The van der Waals surface area contributed by atoms with Crippen molar-refractivity contribution < 1.29 is 9.53 Å². The average molecular weight is 228 g/mol. The molecule has 2 heteroatoms. The molecule has 0 bridgehead atoms. The molecule has 0 heterocycles. The Kier molecular flexibility index (Phi) is 3.76. The van der Waals surface area contributed by atoms with Crippen LogP contribution in [0.4, 0.5) is 0 Å². The van der Waals surface area contributed by atoms with Gasteiger partial charge in [0.05, 0.1) is 13.0 Å². The molecule has 0 spiro atoms. The molecule has 0 amide bonds. The molecule has 1 aliphatic rings. The second-order valence-electron chi connectivity index (χ2n) is 4.08. The van der Waals surface area contributed by atoms with E-state index in [9.17, 15) is 4.79 Å². The van der Waals surface area contributed by atoms with Gasteiger partial charge in [0, 0.05) is 5.92 Å². The number of hydrogen-bond donors (Lipinski definition) is 0. The van der Waals surface area contributed by atoms with Crippen LogP contribution in [-0.2, 0) is 9.53 Å². The summed E-state index contributed by atoms with van der Waals surface area (Å²) in [6.07, 6.45) is 9.27. The second-order valence-corrected chi connectivity index (χ2v) is 4.08. The standard InChI is InChI=1S/C15H16O2/c1-17-15(16)14(12-8-4-2-5-9-12)13-10-6-3-7-11-13/h2,4-11,13-14H,3H2,1H3/t14-/m0/s1. The number of allylic oxidation sites excluding steroid dienone is 4. The van der Waals surface area contributed by atoms with Crippen molar-refractivity contribution in [3.05, 3.63) is 60.2 Å². The predicted octanol–water partition coefficient (Wildman–Crippen LogP) is 3.08. The number of carbonyl (C=O) groups excluding carboxylic acids is 1. The summed E-state index contributed by atoms with van der Waals surface area (Å²) in [7, 11) is 1.44. The van der Waals surface area contributed by atoms with Gasteiger partial charge in [0.1, 0.15) is 0 Å². The number of rotatable bonds is 3. The van der Waals surface area contributed by atoms with Crippen LogP contribution in [0.5, 0.6) is 0 Å². The van der Waals surface area contributed by atoms with Crippen LogP contribution in [0.3, 0.4) is 0 Å². The molecule has 17 heavy (non-hydrogen) atoms. The molecule has 0 aliphatic heterocycles. The van der Waals surface area contributed by atoms with Gasteiger partial charge in [-0.1, -0.05) is 54.6 Å². The fourth-order valence-electron chi connectivity index (χ4n) is 2.14. The Hall–Kier alpha value is -1.83. The quantitative estimate of drug-likeness (QED) is 0.587. The maximum Gasteiger partial charge on any atom is 0.314 e. The van der Waals surface area contributed by atoms with Gasteiger partial charge in [-0.05, 0) is 12.0 Å². The van der Waals surface area contributed by atoms with E-state index in [0.717, 1.165) is 12.0 Å². The number of carbonyl (C=O) groups is 1. The summed E-state index contributed by atoms with van der Waals surface area (Å²) < 4.78 is 4.91. The lowest BCUT2D eigenvalue weighted by molar-refractivity contribution is -0.143. The Morgan fingerprint density at radius 3 is 2.47 bits per heavy atom. The summed E-state index contributed by atoms with van der Waals surface area (Å²) in [6.45, 7) is 0. The number of esters is 1. The molecule has 0 fully saturated rings. The van der Waals surface area contributed by atoms with E-state index in [1.165, 1.54) is 7.11 Å². The highest BCUT2D eigenvalue weighted by Crippen LogP contribution is 2.30. The lowest BCUT2D eigenvalue weighted by Crippen LogP contribution is -2.21. The highest BCUT2D eigenvalue weighted by atomic mass is 16.5. The van der Waals surface area contributed by atoms with E-state index in [1.54, 1.807) is 0 Å². The predicted molar refractivity (Wildman–Crippen MR) is 67.6 cm³/mol. The summed E-state index contributed by atoms with van der Waals surface area (Å²) in [6, 6.07) is 9.78. The molecule has 88 valence electrons. The lowest BCUT2D eigenvalue weighted by atomic mass is 9.84. The molecule has 0 saturated heterocycles. The molecule has 2 nitrogen and oxygen atoms in total. The van der Waals surface area contributed by atoms with Gasteiger partial charge >= 0.3 is 5.97 Å². The fraction of sp³-hybridized carbons (Fsp3) is 0.267. The van der Waals surface area contributed by atoms with Crippen molar-refractivity contribution in [2.24, 2.45) is 5.92 Å². The minimum Gasteiger partial charge on any atom is -0.469 e. The molecule has 0 unspecified atom stereocenters. The van der Waals surface area contributed by atoms with Crippen LogP contribution in [0.15, 0.2) is 54.6 Å². The molecule has 0 aromatic heterocycles. The Morgan fingerprint density at radius 1 is 1.24 bits per heavy atom. The van der Waals surface area contributed by atoms with Gasteiger partial charge in [-0.15, -0.1) is 0 Å². The topological polar surface area (TPSA) is 26.3 Å². The monoisotopic (exact) mass is 228 g/mol. The maximum absolute atomic E-state index is 11.9. The van der Waals surface area contributed by atoms with Crippen molar-refractivity contribution in [2.75, 3.05) is 7.11 Å². The summed E-state index contributed by atoms with van der Waals surface area (Å²) in [4.78, 5) is 11.9. The van der Waals surface area contributed by atoms with Crippen LogP contribution >= 0.6 is 0 Å². The minimum absolute atomic E-state index is 0.0959. The zero-order chi connectivity index (χ0) is 12.1. The first-order valence-electron chi connectivity index (χ1n) is 5.79. The van der Waals surface area contributed by atoms with Crippen molar-refractivity contribution in [1.82, 2.24) is 0 Å². The molecule has 1 aromatic carbocycles. The zero-order valence-corrected chi connectivity index (χ0v) is 9.87. The van der Waals surface area contributed by atoms with Crippen LogP contribution in [-0.4, -0.2) is 13.1 Å². The van der Waals surface area contributed by atoms with E-state index in [1.807, 2.05) is 30.3 Å². The number of hydrogen-bond acceptors (Lipinski definition) is 2. The largest absolute Gasteiger partial charge is 0.469 e. The average Bonchev–Trinajstić information content (AvgIpc) is 2.41. The molecule has 1 aliphatic carbocycles. The van der Waals surface area contributed by atoms with Gasteiger partial charge in [0.25, 0.3) is 0 Å². The molecule has 0 N–H and O–H groups in total. The maximum atomic E-state index is 11.9. The normalized spacial score (nSPS) is 16.8. The van der Waals surface area contributed by atoms with Gasteiger partial charge in [0.15, 0.2) is 0 Å². The Bertz CT molecular complexity index is 419. The van der Waals surface area contributed by atoms with E-state index in [2.05, 4.69) is 24.3 Å². The van der Waals surface area contributed by atoms with Crippen LogP contribution in [0.1, 0.15) is 17.9 Å². The van der Waals surface area contributed by atoms with E-state index < -0.39 is 0 Å². The Morgan fingerprint density at radius 2 is 1.88 bits per heavy atom. The number of ether oxygens (including phenoxy) is 1. The smallest absolute Gasteiger partial charge is 0.314 e. The first kappa shape index (κ1) is 11.6. The first-order chi connectivity index (χ1) is 8.33. The molecule has 0 radical (unpaired) electrons. The molecule has 1 atom stereocenters. The first-order valence-corrected chi connectivity index (χ1v) is 5.79. The second kappa shape index (κ2) is 5.48. The number of benzene rings is 1. The third kappa shape index (κ3) is 2.64. The van der Waals surface area contributed by atoms with E-state index in [0.29, 0.717) is 0 Å². The van der Waals surface area contributed by atoms with Crippen LogP contribution in [0, 0.1) is 5.92 Å². The number of methoxy groups -OCH3 is 1. The molecular formula is C15H16O2. The summed E-state index contributed by atoms with van der Waals surface area (Å²) >= 11 is 0. The summed E-state index contributed by atoms with van der Waals surface area (Å²) in [5.41, 5.74) is 1.00. The van der Waals surface area contributed by atoms with E-state index in [4.69, 9.17) is 4.74 Å². The summed E-state index contributed by atoms with van der Waals surface area (Å²) in [5, 5.41) is 0. The van der Waals surface area contributed by atoms with Crippen molar-refractivity contribution in [3.8, 4) is 0 Å². The zero-order valence-electron chi connectivity index (χ0n) is 9.87. The van der Waals surface area contributed by atoms with E-state index >= 15 is 0 Å². The van der Waals surface area contributed by atoms with E-state index in [-0.39, 0.29) is 17.8 Å². The third-order valence-electron chi connectivity index (χ3n) is 2.99. The van der Waals surface area contributed by atoms with Gasteiger partial charge in [-0.2, -0.15) is 0 Å². The van der Waals surface area contributed by atoms with Crippen LogP contribution in [0.2, 0.25) is 0 Å². The van der Waals surface area contributed by atoms with Gasteiger partial charge in [0.2, 0.25) is 0 Å². The van der Waals surface area contributed by atoms with Crippen LogP contribution in [0.25, 0.3) is 0 Å². The lowest BCUT2D eigenvalue weighted by Gasteiger charge is -2.21. The van der Waals surface area contributed by atoms with Crippen molar-refractivity contribution >= 4 is 5.97 Å². The molecule has 2 rings (SSSR count). The molecule has 1 aromatic rings. The van der Waals surface area contributed by atoms with Crippen molar-refractivity contribution in [1.29, 1.82) is 0 Å². The third-order valence-corrected chi connectivity index (χ3v) is 2.99. The van der Waals surface area contributed by atoms with Gasteiger partial charge in [-0.25, -0.2) is 0 Å². The SMILES string of the molecule is COC(=O)[C@@H](c1ccccc1)C1C=CCC=C1.